The first-order valence-electron chi connectivity index (χ1n) is 5.83. The zero-order valence-corrected chi connectivity index (χ0v) is 11.0. The molecule has 6 heteroatoms. The lowest BCUT2D eigenvalue weighted by Crippen LogP contribution is -2.42. The van der Waals surface area contributed by atoms with Crippen LogP contribution in [0.3, 0.4) is 0 Å². The Labute approximate surface area is 114 Å². The number of aliphatic hydroxyl groups excluding tert-OH is 1. The summed E-state index contributed by atoms with van der Waals surface area (Å²) in [6, 6.07) is 3.71. The molecule has 0 aliphatic heterocycles. The van der Waals surface area contributed by atoms with Crippen molar-refractivity contribution in [2.24, 2.45) is 0 Å². The van der Waals surface area contributed by atoms with Crippen molar-refractivity contribution in [3.8, 4) is 11.5 Å². The van der Waals surface area contributed by atoms with Gasteiger partial charge in [0, 0.05) is 12.1 Å². The van der Waals surface area contributed by atoms with Crippen LogP contribution < -0.4 is 9.47 Å². The highest BCUT2D eigenvalue weighted by Gasteiger charge is 2.40. The number of halogens is 2. The standard InChI is InChI=1S/C14H14F2O4/c1-18-9-3-5-12(11(15)7-9)20-14(16)8-10(19-2)4-6-13(14)17/h3-8,13,17H,1-2H3. The van der Waals surface area contributed by atoms with Crippen molar-refractivity contribution in [2.75, 3.05) is 14.2 Å². The van der Waals surface area contributed by atoms with Crippen LogP contribution in [-0.4, -0.2) is 31.3 Å². The largest absolute Gasteiger partial charge is 0.497 e. The van der Waals surface area contributed by atoms with Gasteiger partial charge in [0.05, 0.1) is 14.2 Å². The third kappa shape index (κ3) is 2.75. The van der Waals surface area contributed by atoms with E-state index >= 15 is 0 Å². The van der Waals surface area contributed by atoms with Gasteiger partial charge in [-0.25, -0.2) is 4.39 Å². The van der Waals surface area contributed by atoms with Crippen molar-refractivity contribution in [3.63, 3.8) is 0 Å². The molecule has 2 rings (SSSR count). The van der Waals surface area contributed by atoms with Gasteiger partial charge in [0.2, 0.25) is 0 Å². The summed E-state index contributed by atoms with van der Waals surface area (Å²) >= 11 is 0. The van der Waals surface area contributed by atoms with E-state index in [0.717, 1.165) is 12.1 Å². The molecule has 108 valence electrons. The highest BCUT2D eigenvalue weighted by Crippen LogP contribution is 2.32. The van der Waals surface area contributed by atoms with Gasteiger partial charge in [-0.05, 0) is 24.3 Å². The van der Waals surface area contributed by atoms with E-state index in [0.29, 0.717) is 0 Å². The number of ether oxygens (including phenoxy) is 3. The molecule has 1 N–H and O–H groups in total. The number of methoxy groups -OCH3 is 2. The number of rotatable bonds is 4. The van der Waals surface area contributed by atoms with Crippen LogP contribution in [0.5, 0.6) is 11.5 Å². The first-order chi connectivity index (χ1) is 9.48. The molecule has 2 unspecified atom stereocenters. The van der Waals surface area contributed by atoms with E-state index in [4.69, 9.17) is 14.2 Å². The predicted molar refractivity (Wildman–Crippen MR) is 67.7 cm³/mol. The van der Waals surface area contributed by atoms with Crippen molar-refractivity contribution in [3.05, 3.63) is 48.0 Å². The van der Waals surface area contributed by atoms with E-state index in [1.54, 1.807) is 0 Å². The number of alkyl halides is 1. The third-order valence-electron chi connectivity index (χ3n) is 2.83. The van der Waals surface area contributed by atoms with Crippen molar-refractivity contribution >= 4 is 0 Å². The van der Waals surface area contributed by atoms with Gasteiger partial charge in [-0.2, -0.15) is 4.39 Å². The molecule has 0 saturated heterocycles. The number of hydrogen-bond acceptors (Lipinski definition) is 4. The zero-order chi connectivity index (χ0) is 14.8. The molecule has 1 aliphatic carbocycles. The first kappa shape index (κ1) is 14.3. The fourth-order valence-corrected chi connectivity index (χ4v) is 1.72. The fraction of sp³-hybridized carbons (Fsp3) is 0.286. The quantitative estimate of drug-likeness (QED) is 0.922. The van der Waals surface area contributed by atoms with Gasteiger partial charge in [-0.1, -0.05) is 0 Å². The van der Waals surface area contributed by atoms with Crippen molar-refractivity contribution in [2.45, 2.75) is 12.0 Å². The summed E-state index contributed by atoms with van der Waals surface area (Å²) < 4.78 is 43.0. The molecule has 1 aliphatic rings. The van der Waals surface area contributed by atoms with Crippen LogP contribution in [0, 0.1) is 5.82 Å². The number of aliphatic hydroxyl groups is 1. The fourth-order valence-electron chi connectivity index (χ4n) is 1.72. The van der Waals surface area contributed by atoms with E-state index in [-0.39, 0.29) is 17.3 Å². The predicted octanol–water partition coefficient (Wildman–Crippen LogP) is 2.34. The average molecular weight is 284 g/mol. The normalized spacial score (nSPS) is 25.1. The maximum Gasteiger partial charge on any atom is 0.300 e. The van der Waals surface area contributed by atoms with Crippen LogP contribution in [0.25, 0.3) is 0 Å². The molecule has 0 spiro atoms. The lowest BCUT2D eigenvalue weighted by atomic mass is 10.0. The Morgan fingerprint density at radius 2 is 2.00 bits per heavy atom. The summed E-state index contributed by atoms with van der Waals surface area (Å²) in [5, 5.41) is 9.66. The summed E-state index contributed by atoms with van der Waals surface area (Å²) in [5.41, 5.74) is 0. The molecule has 20 heavy (non-hydrogen) atoms. The van der Waals surface area contributed by atoms with Gasteiger partial charge in [0.1, 0.15) is 17.6 Å². The Kier molecular flexibility index (Phi) is 3.94. The summed E-state index contributed by atoms with van der Waals surface area (Å²) in [5.74, 6) is -3.29. The third-order valence-corrected chi connectivity index (χ3v) is 2.83. The molecule has 1 aromatic carbocycles. The monoisotopic (exact) mass is 284 g/mol. The summed E-state index contributed by atoms with van der Waals surface area (Å²) in [4.78, 5) is 0. The molecular formula is C14H14F2O4. The molecule has 1 aromatic rings. The SMILES string of the molecule is COC1=CC(F)(Oc2ccc(OC)cc2F)C(O)C=C1. The van der Waals surface area contributed by atoms with Crippen molar-refractivity contribution < 1.29 is 28.1 Å². The molecule has 2 atom stereocenters. The van der Waals surface area contributed by atoms with Gasteiger partial charge in [0.25, 0.3) is 5.85 Å². The van der Waals surface area contributed by atoms with Crippen LogP contribution in [-0.2, 0) is 4.74 Å². The summed E-state index contributed by atoms with van der Waals surface area (Å²) in [6.45, 7) is 0. The number of benzene rings is 1. The highest BCUT2D eigenvalue weighted by atomic mass is 19.2. The van der Waals surface area contributed by atoms with Crippen molar-refractivity contribution in [1.82, 2.24) is 0 Å². The lowest BCUT2D eigenvalue weighted by Gasteiger charge is -2.29. The first-order valence-corrected chi connectivity index (χ1v) is 5.83. The minimum Gasteiger partial charge on any atom is -0.497 e. The summed E-state index contributed by atoms with van der Waals surface area (Å²) in [7, 11) is 2.73. The van der Waals surface area contributed by atoms with Crippen LogP contribution >= 0.6 is 0 Å². The Bertz CT molecular complexity index is 556. The van der Waals surface area contributed by atoms with Gasteiger partial charge < -0.3 is 19.3 Å². The zero-order valence-electron chi connectivity index (χ0n) is 11.0. The molecule has 0 fully saturated rings. The Morgan fingerprint density at radius 1 is 1.25 bits per heavy atom. The smallest absolute Gasteiger partial charge is 0.300 e. The Hall–Kier alpha value is -2.08. The van der Waals surface area contributed by atoms with E-state index in [9.17, 15) is 13.9 Å². The Morgan fingerprint density at radius 3 is 2.60 bits per heavy atom. The molecule has 0 amide bonds. The molecule has 4 nitrogen and oxygen atoms in total. The van der Waals surface area contributed by atoms with Crippen LogP contribution in [0.4, 0.5) is 8.78 Å². The van der Waals surface area contributed by atoms with Gasteiger partial charge in [-0.15, -0.1) is 0 Å². The summed E-state index contributed by atoms with van der Waals surface area (Å²) in [6.07, 6.45) is 1.94. The minimum absolute atomic E-state index is 0.173. The molecule has 0 aromatic heterocycles. The van der Waals surface area contributed by atoms with Gasteiger partial charge >= 0.3 is 0 Å². The Balaban J connectivity index is 2.28. The molecular weight excluding hydrogens is 270 g/mol. The van der Waals surface area contributed by atoms with Gasteiger partial charge in [0.15, 0.2) is 11.6 Å². The van der Waals surface area contributed by atoms with Crippen molar-refractivity contribution in [1.29, 1.82) is 0 Å². The van der Waals surface area contributed by atoms with Crippen LogP contribution in [0.1, 0.15) is 0 Å². The molecule has 0 heterocycles. The van der Waals surface area contributed by atoms with Gasteiger partial charge in [-0.3, -0.25) is 0 Å². The van der Waals surface area contributed by atoms with E-state index in [1.165, 1.54) is 38.5 Å². The second-order valence-corrected chi connectivity index (χ2v) is 4.15. The maximum atomic E-state index is 14.6. The van der Waals surface area contributed by atoms with Crippen LogP contribution in [0.2, 0.25) is 0 Å². The maximum absolute atomic E-state index is 14.6. The van der Waals surface area contributed by atoms with E-state index in [2.05, 4.69) is 0 Å². The second-order valence-electron chi connectivity index (χ2n) is 4.15. The van der Waals surface area contributed by atoms with E-state index < -0.39 is 17.8 Å². The lowest BCUT2D eigenvalue weighted by molar-refractivity contribution is -0.0972. The average Bonchev–Trinajstić information content (AvgIpc) is 2.44. The number of hydrogen-bond donors (Lipinski definition) is 1. The molecule has 0 bridgehead atoms. The van der Waals surface area contributed by atoms with Crippen LogP contribution in [0.15, 0.2) is 42.2 Å². The number of allylic oxidation sites excluding steroid dienone is 1. The topological polar surface area (TPSA) is 47.9 Å². The molecule has 0 saturated carbocycles. The highest BCUT2D eigenvalue weighted by molar-refractivity contribution is 5.35. The van der Waals surface area contributed by atoms with E-state index in [1.807, 2.05) is 0 Å². The molecule has 0 radical (unpaired) electrons. The minimum atomic E-state index is -2.60. The second kappa shape index (κ2) is 5.50.